The lowest BCUT2D eigenvalue weighted by Crippen LogP contribution is -1.90. The molecule has 0 aliphatic rings. The van der Waals surface area contributed by atoms with Crippen molar-refractivity contribution in [2.24, 2.45) is 0 Å². The summed E-state index contributed by atoms with van der Waals surface area (Å²) in [5, 5.41) is 15.7. The molecule has 0 aliphatic heterocycles. The number of benzene rings is 10. The van der Waals surface area contributed by atoms with E-state index in [1.807, 2.05) is 22.7 Å². The van der Waals surface area contributed by atoms with Crippen molar-refractivity contribution in [1.82, 2.24) is 0 Å². The van der Waals surface area contributed by atoms with E-state index < -0.39 is 0 Å². The van der Waals surface area contributed by atoms with Crippen LogP contribution in [0, 0.1) is 0 Å². The van der Waals surface area contributed by atoms with E-state index >= 15 is 0 Å². The zero-order chi connectivity index (χ0) is 35.3. The first-order chi connectivity index (χ1) is 26.7. The molecule has 2 heteroatoms. The van der Waals surface area contributed by atoms with Crippen LogP contribution in [0.4, 0.5) is 0 Å². The molecule has 12 rings (SSSR count). The van der Waals surface area contributed by atoms with Gasteiger partial charge in [-0.1, -0.05) is 133 Å². The summed E-state index contributed by atoms with van der Waals surface area (Å²) in [7, 11) is 0. The van der Waals surface area contributed by atoms with Crippen molar-refractivity contribution in [3.05, 3.63) is 182 Å². The predicted molar refractivity (Wildman–Crippen MR) is 239 cm³/mol. The average molecular weight is 719 g/mol. The predicted octanol–water partition coefficient (Wildman–Crippen LogP) is 16.0. The first-order valence-corrected chi connectivity index (χ1v) is 20.1. The molecule has 0 saturated heterocycles. The SMILES string of the molecule is c1ccc(-c2c3ccccc3c(-c3ccc4cc(-c5ccc6sc7cc8ccc9sc%10ccccc%10c9c8cc7c6c5)ccc4c3)c3ccccc23)cc1. The van der Waals surface area contributed by atoms with Crippen molar-refractivity contribution >= 4 is 106 Å². The highest BCUT2D eigenvalue weighted by atomic mass is 32.1. The maximum Gasteiger partial charge on any atom is 0.0361 e. The lowest BCUT2D eigenvalue weighted by atomic mass is 9.85. The summed E-state index contributed by atoms with van der Waals surface area (Å²) in [6.07, 6.45) is 0. The van der Waals surface area contributed by atoms with E-state index in [0.29, 0.717) is 0 Å². The lowest BCUT2D eigenvalue weighted by Gasteiger charge is -2.18. The smallest absolute Gasteiger partial charge is 0.0361 e. The second-order valence-corrected chi connectivity index (χ2v) is 16.6. The number of rotatable bonds is 3. The second kappa shape index (κ2) is 11.6. The Morgan fingerprint density at radius 3 is 1.48 bits per heavy atom. The van der Waals surface area contributed by atoms with Crippen LogP contribution in [-0.4, -0.2) is 0 Å². The van der Waals surface area contributed by atoms with Crippen LogP contribution in [0.2, 0.25) is 0 Å². The van der Waals surface area contributed by atoms with Gasteiger partial charge >= 0.3 is 0 Å². The molecule has 10 aromatic carbocycles. The van der Waals surface area contributed by atoms with Gasteiger partial charge in [-0.15, -0.1) is 22.7 Å². The van der Waals surface area contributed by atoms with E-state index in [9.17, 15) is 0 Å². The van der Waals surface area contributed by atoms with Gasteiger partial charge in [-0.2, -0.15) is 0 Å². The van der Waals surface area contributed by atoms with Gasteiger partial charge in [0.25, 0.3) is 0 Å². The van der Waals surface area contributed by atoms with Crippen LogP contribution >= 0.6 is 22.7 Å². The Morgan fingerprint density at radius 1 is 0.241 bits per heavy atom. The maximum atomic E-state index is 2.45. The molecule has 54 heavy (non-hydrogen) atoms. The van der Waals surface area contributed by atoms with Gasteiger partial charge in [-0.05, 0) is 125 Å². The van der Waals surface area contributed by atoms with Gasteiger partial charge in [0.05, 0.1) is 0 Å². The minimum absolute atomic E-state index is 1.24. The molecule has 250 valence electrons. The summed E-state index contributed by atoms with van der Waals surface area (Å²) < 4.78 is 5.38. The molecule has 0 aliphatic carbocycles. The van der Waals surface area contributed by atoms with Crippen molar-refractivity contribution in [3.8, 4) is 33.4 Å². The quantitative estimate of drug-likeness (QED) is 0.160. The van der Waals surface area contributed by atoms with Gasteiger partial charge in [0.1, 0.15) is 0 Å². The fraction of sp³-hybridized carbons (Fsp3) is 0. The third kappa shape index (κ3) is 4.48. The largest absolute Gasteiger partial charge is 0.135 e. The molecule has 12 aromatic rings. The molecular weight excluding hydrogens is 689 g/mol. The Labute approximate surface area is 319 Å². The summed E-state index contributed by atoms with van der Waals surface area (Å²) in [4.78, 5) is 0. The number of thiophene rings is 2. The Hall–Kier alpha value is -6.32. The second-order valence-electron chi connectivity index (χ2n) is 14.4. The topological polar surface area (TPSA) is 0 Å². The summed E-state index contributed by atoms with van der Waals surface area (Å²) in [6.45, 7) is 0. The van der Waals surface area contributed by atoms with Gasteiger partial charge in [0.2, 0.25) is 0 Å². The van der Waals surface area contributed by atoms with E-state index in [1.165, 1.54) is 117 Å². The molecule has 0 fully saturated rings. The van der Waals surface area contributed by atoms with Crippen LogP contribution in [-0.2, 0) is 0 Å². The minimum Gasteiger partial charge on any atom is -0.135 e. The van der Waals surface area contributed by atoms with E-state index in [0.717, 1.165) is 0 Å². The molecule has 0 nitrogen and oxygen atoms in total. The Kier molecular flexibility index (Phi) is 6.48. The Balaban J connectivity index is 0.994. The molecule has 0 radical (unpaired) electrons. The van der Waals surface area contributed by atoms with Crippen molar-refractivity contribution in [2.45, 2.75) is 0 Å². The van der Waals surface area contributed by atoms with Gasteiger partial charge in [-0.25, -0.2) is 0 Å². The normalized spacial score (nSPS) is 12.1. The third-order valence-electron chi connectivity index (χ3n) is 11.4. The van der Waals surface area contributed by atoms with Crippen molar-refractivity contribution < 1.29 is 0 Å². The van der Waals surface area contributed by atoms with Crippen LogP contribution in [0.15, 0.2) is 182 Å². The third-order valence-corrected chi connectivity index (χ3v) is 13.7. The molecule has 0 spiro atoms. The number of hydrogen-bond acceptors (Lipinski definition) is 2. The molecule has 0 unspecified atom stereocenters. The summed E-state index contributed by atoms with van der Waals surface area (Å²) in [5.74, 6) is 0. The van der Waals surface area contributed by atoms with E-state index in [4.69, 9.17) is 0 Å². The molecule has 2 heterocycles. The fourth-order valence-corrected chi connectivity index (χ4v) is 11.2. The average Bonchev–Trinajstić information content (AvgIpc) is 3.79. The highest BCUT2D eigenvalue weighted by Gasteiger charge is 2.17. The number of fused-ring (bicyclic) bond motifs is 11. The van der Waals surface area contributed by atoms with Gasteiger partial charge < -0.3 is 0 Å². The Bertz CT molecular complexity index is 3430. The van der Waals surface area contributed by atoms with Crippen LogP contribution in [0.5, 0.6) is 0 Å². The minimum atomic E-state index is 1.24. The van der Waals surface area contributed by atoms with Gasteiger partial charge in [0, 0.05) is 40.3 Å². The molecule has 0 atom stereocenters. The zero-order valence-electron chi connectivity index (χ0n) is 29.1. The van der Waals surface area contributed by atoms with E-state index in [2.05, 4.69) is 182 Å². The van der Waals surface area contributed by atoms with Crippen LogP contribution in [0.25, 0.3) is 117 Å². The van der Waals surface area contributed by atoms with E-state index in [-0.39, 0.29) is 0 Å². The molecule has 0 N–H and O–H groups in total. The van der Waals surface area contributed by atoms with Gasteiger partial charge in [-0.3, -0.25) is 0 Å². The lowest BCUT2D eigenvalue weighted by molar-refractivity contribution is 1.66. The molecular formula is C52H30S2. The monoisotopic (exact) mass is 718 g/mol. The molecule has 0 bridgehead atoms. The maximum absolute atomic E-state index is 2.45. The zero-order valence-corrected chi connectivity index (χ0v) is 30.8. The first kappa shape index (κ1) is 30.2. The van der Waals surface area contributed by atoms with E-state index in [1.54, 1.807) is 0 Å². The van der Waals surface area contributed by atoms with Crippen LogP contribution in [0.3, 0.4) is 0 Å². The molecule has 2 aromatic heterocycles. The van der Waals surface area contributed by atoms with Crippen molar-refractivity contribution in [3.63, 3.8) is 0 Å². The summed E-state index contributed by atoms with van der Waals surface area (Å²) in [5.41, 5.74) is 7.58. The standard InChI is InChI=1S/C52H30S2/c1-2-10-31(11-3-1)50-38-12-4-6-14-40(38)51(41-15-7-5-13-39(41)50)37-21-20-32-26-33(18-19-34(32)27-37)35-22-24-47-44(28-35)45-30-43-36(29-49(45)54-47)23-25-48-52(43)42-16-8-9-17-46(42)53-48/h1-30H. The molecule has 0 saturated carbocycles. The highest BCUT2D eigenvalue weighted by Crippen LogP contribution is 2.46. The Morgan fingerprint density at radius 2 is 0.741 bits per heavy atom. The first-order valence-electron chi connectivity index (χ1n) is 18.5. The van der Waals surface area contributed by atoms with Crippen LogP contribution in [0.1, 0.15) is 0 Å². The number of hydrogen-bond donors (Lipinski definition) is 0. The fourth-order valence-electron chi connectivity index (χ4n) is 8.93. The van der Waals surface area contributed by atoms with Crippen molar-refractivity contribution in [2.75, 3.05) is 0 Å². The summed E-state index contributed by atoms with van der Waals surface area (Å²) >= 11 is 3.79. The summed E-state index contributed by atoms with van der Waals surface area (Å²) in [6, 6.07) is 67.9. The van der Waals surface area contributed by atoms with Crippen molar-refractivity contribution in [1.29, 1.82) is 0 Å². The molecule has 0 amide bonds. The van der Waals surface area contributed by atoms with Crippen LogP contribution < -0.4 is 0 Å². The van der Waals surface area contributed by atoms with Gasteiger partial charge in [0.15, 0.2) is 0 Å². The highest BCUT2D eigenvalue weighted by molar-refractivity contribution is 7.26.